The summed E-state index contributed by atoms with van der Waals surface area (Å²) in [6.45, 7) is 15.6. The summed E-state index contributed by atoms with van der Waals surface area (Å²) in [5, 5.41) is 0. The Morgan fingerprint density at radius 3 is 1.69 bits per heavy atom. The second kappa shape index (κ2) is 10.1. The van der Waals surface area contributed by atoms with Crippen LogP contribution in [-0.2, 0) is 0 Å². The zero-order valence-electron chi connectivity index (χ0n) is 12.3. The lowest BCUT2D eigenvalue weighted by molar-refractivity contribution is 0.200. The highest BCUT2D eigenvalue weighted by Gasteiger charge is 2.11. The molecule has 0 aromatic rings. The van der Waals surface area contributed by atoms with Gasteiger partial charge in [-0.1, -0.05) is 60.3 Å². The minimum atomic E-state index is 0.852. The van der Waals surface area contributed by atoms with Gasteiger partial charge >= 0.3 is 0 Å². The van der Waals surface area contributed by atoms with Gasteiger partial charge in [-0.3, -0.25) is 0 Å². The Labute approximate surface area is 104 Å². The third-order valence-corrected chi connectivity index (χ3v) is 3.61. The van der Waals surface area contributed by atoms with Gasteiger partial charge in [-0.2, -0.15) is 0 Å². The Bertz CT molecular complexity index is 132. The fraction of sp³-hybridized carbons (Fsp3) is 1.00. The number of rotatable bonds is 10. The first-order valence-corrected chi connectivity index (χ1v) is 7.36. The number of nitrogens with zero attached hydrogens (tertiary/aromatic N) is 1. The molecular weight excluding hydrogens is 194 g/mol. The average molecular weight is 227 g/mol. The van der Waals surface area contributed by atoms with E-state index in [-0.39, 0.29) is 0 Å². The Kier molecular flexibility index (Phi) is 10.1. The largest absolute Gasteiger partial charge is 0.303 e. The maximum Gasteiger partial charge on any atom is 0.000703 e. The molecular formula is C15H33N. The van der Waals surface area contributed by atoms with Crippen molar-refractivity contribution in [2.45, 2.75) is 66.7 Å². The molecule has 98 valence electrons. The van der Waals surface area contributed by atoms with Gasteiger partial charge < -0.3 is 4.90 Å². The molecule has 0 saturated heterocycles. The number of hydrogen-bond acceptors (Lipinski definition) is 1. The molecule has 0 aliphatic carbocycles. The minimum absolute atomic E-state index is 0.852. The Hall–Kier alpha value is -0.0400. The Balaban J connectivity index is 3.94. The van der Waals surface area contributed by atoms with Crippen molar-refractivity contribution in [1.29, 1.82) is 0 Å². The van der Waals surface area contributed by atoms with Crippen molar-refractivity contribution in [3.63, 3.8) is 0 Å². The van der Waals surface area contributed by atoms with Crippen molar-refractivity contribution < 1.29 is 0 Å². The molecule has 0 bridgehead atoms. The first kappa shape index (κ1) is 16.0. The van der Waals surface area contributed by atoms with Gasteiger partial charge in [-0.15, -0.1) is 0 Å². The van der Waals surface area contributed by atoms with Gasteiger partial charge in [0.1, 0.15) is 0 Å². The van der Waals surface area contributed by atoms with Crippen LogP contribution in [0.25, 0.3) is 0 Å². The van der Waals surface area contributed by atoms with E-state index >= 15 is 0 Å². The van der Waals surface area contributed by atoms with E-state index in [4.69, 9.17) is 0 Å². The first-order chi connectivity index (χ1) is 7.63. The van der Waals surface area contributed by atoms with E-state index in [9.17, 15) is 0 Å². The highest BCUT2D eigenvalue weighted by atomic mass is 15.1. The predicted molar refractivity (Wildman–Crippen MR) is 74.9 cm³/mol. The normalized spacial score (nSPS) is 15.4. The topological polar surface area (TPSA) is 3.24 Å². The second-order valence-electron chi connectivity index (χ2n) is 5.49. The molecule has 0 aliphatic rings. The van der Waals surface area contributed by atoms with E-state index in [0.29, 0.717) is 0 Å². The van der Waals surface area contributed by atoms with Crippen LogP contribution in [0.2, 0.25) is 0 Å². The molecule has 0 aliphatic heterocycles. The smallest absolute Gasteiger partial charge is 0.000703 e. The van der Waals surface area contributed by atoms with Gasteiger partial charge in [0.2, 0.25) is 0 Å². The zero-order chi connectivity index (χ0) is 12.4. The first-order valence-electron chi connectivity index (χ1n) is 7.36. The third-order valence-electron chi connectivity index (χ3n) is 3.61. The summed E-state index contributed by atoms with van der Waals surface area (Å²) < 4.78 is 0. The standard InChI is InChI=1S/C15H33N/c1-6-9-10-11-16(12-14(4)7-2)13-15(5)8-3/h14-15H,6-13H2,1-5H3. The molecule has 0 rings (SSSR count). The summed E-state index contributed by atoms with van der Waals surface area (Å²) in [5.41, 5.74) is 0. The van der Waals surface area contributed by atoms with Crippen molar-refractivity contribution in [2.75, 3.05) is 19.6 Å². The van der Waals surface area contributed by atoms with Crippen molar-refractivity contribution in [3.8, 4) is 0 Å². The summed E-state index contributed by atoms with van der Waals surface area (Å²) in [4.78, 5) is 2.69. The number of unbranched alkanes of at least 4 members (excludes halogenated alkanes) is 2. The van der Waals surface area contributed by atoms with E-state index in [0.717, 1.165) is 11.8 Å². The SMILES string of the molecule is CCCCCN(CC(C)CC)CC(C)CC. The Morgan fingerprint density at radius 2 is 1.31 bits per heavy atom. The van der Waals surface area contributed by atoms with Crippen LogP contribution >= 0.6 is 0 Å². The molecule has 16 heavy (non-hydrogen) atoms. The summed E-state index contributed by atoms with van der Waals surface area (Å²) in [6.07, 6.45) is 6.72. The molecule has 2 unspecified atom stereocenters. The van der Waals surface area contributed by atoms with Crippen molar-refractivity contribution in [3.05, 3.63) is 0 Å². The van der Waals surface area contributed by atoms with Crippen LogP contribution in [0.15, 0.2) is 0 Å². The van der Waals surface area contributed by atoms with Gasteiger partial charge in [0, 0.05) is 13.1 Å². The maximum atomic E-state index is 2.69. The lowest BCUT2D eigenvalue weighted by Gasteiger charge is -2.27. The van der Waals surface area contributed by atoms with Crippen molar-refractivity contribution in [2.24, 2.45) is 11.8 Å². The van der Waals surface area contributed by atoms with Crippen LogP contribution in [0.4, 0.5) is 0 Å². The van der Waals surface area contributed by atoms with Gasteiger partial charge in [0.25, 0.3) is 0 Å². The molecule has 1 nitrogen and oxygen atoms in total. The van der Waals surface area contributed by atoms with Crippen LogP contribution in [0, 0.1) is 11.8 Å². The molecule has 0 aromatic carbocycles. The van der Waals surface area contributed by atoms with E-state index in [1.807, 2.05) is 0 Å². The fourth-order valence-electron chi connectivity index (χ4n) is 1.98. The number of hydrogen-bond donors (Lipinski definition) is 0. The summed E-state index contributed by atoms with van der Waals surface area (Å²) >= 11 is 0. The molecule has 0 amide bonds. The van der Waals surface area contributed by atoms with Gasteiger partial charge in [-0.25, -0.2) is 0 Å². The molecule has 0 saturated carbocycles. The van der Waals surface area contributed by atoms with Crippen molar-refractivity contribution >= 4 is 0 Å². The second-order valence-corrected chi connectivity index (χ2v) is 5.49. The molecule has 1 heteroatoms. The predicted octanol–water partition coefficient (Wildman–Crippen LogP) is 4.57. The Morgan fingerprint density at radius 1 is 0.812 bits per heavy atom. The fourth-order valence-corrected chi connectivity index (χ4v) is 1.98. The molecule has 0 spiro atoms. The molecule has 0 radical (unpaired) electrons. The minimum Gasteiger partial charge on any atom is -0.303 e. The maximum absolute atomic E-state index is 2.69. The van der Waals surface area contributed by atoms with Crippen LogP contribution in [0.3, 0.4) is 0 Å². The van der Waals surface area contributed by atoms with E-state index in [1.165, 1.54) is 51.7 Å². The van der Waals surface area contributed by atoms with Gasteiger partial charge in [0.15, 0.2) is 0 Å². The lowest BCUT2D eigenvalue weighted by Crippen LogP contribution is -2.33. The van der Waals surface area contributed by atoms with Crippen LogP contribution in [0.5, 0.6) is 0 Å². The molecule has 0 heterocycles. The van der Waals surface area contributed by atoms with E-state index in [1.54, 1.807) is 0 Å². The monoisotopic (exact) mass is 227 g/mol. The zero-order valence-corrected chi connectivity index (χ0v) is 12.3. The van der Waals surface area contributed by atoms with Gasteiger partial charge in [-0.05, 0) is 24.8 Å². The van der Waals surface area contributed by atoms with Crippen LogP contribution in [0.1, 0.15) is 66.7 Å². The summed E-state index contributed by atoms with van der Waals surface area (Å²) in [7, 11) is 0. The lowest BCUT2D eigenvalue weighted by atomic mass is 10.0. The van der Waals surface area contributed by atoms with Crippen LogP contribution < -0.4 is 0 Å². The quantitative estimate of drug-likeness (QED) is 0.494. The average Bonchev–Trinajstić information content (AvgIpc) is 2.28. The van der Waals surface area contributed by atoms with Crippen molar-refractivity contribution in [1.82, 2.24) is 4.90 Å². The van der Waals surface area contributed by atoms with E-state index < -0.39 is 0 Å². The van der Waals surface area contributed by atoms with E-state index in [2.05, 4.69) is 39.5 Å². The summed E-state index contributed by atoms with van der Waals surface area (Å²) in [5.74, 6) is 1.70. The van der Waals surface area contributed by atoms with Gasteiger partial charge in [0.05, 0.1) is 0 Å². The highest BCUT2D eigenvalue weighted by Crippen LogP contribution is 2.10. The molecule has 0 N–H and O–H groups in total. The highest BCUT2D eigenvalue weighted by molar-refractivity contribution is 4.65. The molecule has 2 atom stereocenters. The third kappa shape index (κ3) is 8.15. The summed E-state index contributed by atoms with van der Waals surface area (Å²) in [6, 6.07) is 0. The van der Waals surface area contributed by atoms with Crippen LogP contribution in [-0.4, -0.2) is 24.5 Å². The molecule has 0 aromatic heterocycles. The molecule has 0 fully saturated rings.